The van der Waals surface area contributed by atoms with Gasteiger partial charge in [0.2, 0.25) is 0 Å². The van der Waals surface area contributed by atoms with Gasteiger partial charge in [0.05, 0.1) is 16.6 Å². The summed E-state index contributed by atoms with van der Waals surface area (Å²) in [7, 11) is -3.14. The molecule has 0 radical (unpaired) electrons. The number of nitriles is 1. The molecule has 16 heavy (non-hydrogen) atoms. The van der Waals surface area contributed by atoms with Gasteiger partial charge in [-0.1, -0.05) is 6.07 Å². The number of hydrogen-bond donors (Lipinski definition) is 1. The van der Waals surface area contributed by atoms with E-state index in [4.69, 9.17) is 11.0 Å². The number of nitrogen functional groups attached to an aromatic ring is 1. The van der Waals surface area contributed by atoms with Crippen LogP contribution in [0.4, 0.5) is 5.69 Å². The van der Waals surface area contributed by atoms with Gasteiger partial charge < -0.3 is 5.73 Å². The molecule has 0 aliphatic heterocycles. The molecule has 2 N–H and O–H groups in total. The molecule has 0 spiro atoms. The second kappa shape index (κ2) is 4.54. The average molecular weight is 238 g/mol. The van der Waals surface area contributed by atoms with E-state index in [1.165, 1.54) is 6.07 Å². The molecule has 0 amide bonds. The Bertz CT molecular complexity index is 527. The second-order valence-corrected chi connectivity index (χ2v) is 6.45. The van der Waals surface area contributed by atoms with Gasteiger partial charge in [0.15, 0.2) is 9.84 Å². The van der Waals surface area contributed by atoms with Crippen molar-refractivity contribution in [3.63, 3.8) is 0 Å². The van der Waals surface area contributed by atoms with Crippen molar-refractivity contribution in [3.8, 4) is 6.07 Å². The molecule has 1 aromatic rings. The van der Waals surface area contributed by atoms with Crippen molar-refractivity contribution in [1.29, 1.82) is 5.26 Å². The maximum Gasteiger partial charge on any atom is 0.156 e. The van der Waals surface area contributed by atoms with Crippen molar-refractivity contribution in [2.24, 2.45) is 0 Å². The maximum absolute atomic E-state index is 11.7. The summed E-state index contributed by atoms with van der Waals surface area (Å²) in [5.41, 5.74) is 6.83. The first-order chi connectivity index (χ1) is 7.36. The van der Waals surface area contributed by atoms with Crippen LogP contribution in [0.15, 0.2) is 18.2 Å². The SMILES string of the molecule is CC(C)S(=O)(=O)Cc1ccc(N)c(C#N)c1. The smallest absolute Gasteiger partial charge is 0.156 e. The molecule has 0 fully saturated rings. The summed E-state index contributed by atoms with van der Waals surface area (Å²) in [5.74, 6) is -0.0559. The van der Waals surface area contributed by atoms with Crippen molar-refractivity contribution < 1.29 is 8.42 Å². The molecule has 0 aromatic heterocycles. The van der Waals surface area contributed by atoms with Crippen LogP contribution in [0, 0.1) is 11.3 Å². The highest BCUT2D eigenvalue weighted by Crippen LogP contribution is 2.16. The fourth-order valence-electron chi connectivity index (χ4n) is 1.19. The van der Waals surface area contributed by atoms with Crippen LogP contribution in [-0.4, -0.2) is 13.7 Å². The minimum Gasteiger partial charge on any atom is -0.398 e. The Balaban J connectivity index is 3.06. The third-order valence-corrected chi connectivity index (χ3v) is 4.50. The van der Waals surface area contributed by atoms with Gasteiger partial charge in [0.1, 0.15) is 6.07 Å². The third-order valence-electron chi connectivity index (χ3n) is 2.32. The number of benzene rings is 1. The molecule has 0 saturated heterocycles. The van der Waals surface area contributed by atoms with E-state index in [1.807, 2.05) is 6.07 Å². The molecule has 0 aliphatic carbocycles. The van der Waals surface area contributed by atoms with Crippen molar-refractivity contribution >= 4 is 15.5 Å². The molecule has 0 heterocycles. The van der Waals surface area contributed by atoms with Crippen molar-refractivity contribution in [2.75, 3.05) is 5.73 Å². The maximum atomic E-state index is 11.7. The van der Waals surface area contributed by atoms with Gasteiger partial charge in [-0.2, -0.15) is 5.26 Å². The monoisotopic (exact) mass is 238 g/mol. The largest absolute Gasteiger partial charge is 0.398 e. The van der Waals surface area contributed by atoms with E-state index in [2.05, 4.69) is 0 Å². The first-order valence-electron chi connectivity index (χ1n) is 4.87. The molecular formula is C11H14N2O2S. The Morgan fingerprint density at radius 1 is 1.44 bits per heavy atom. The van der Waals surface area contributed by atoms with E-state index >= 15 is 0 Å². The molecule has 86 valence electrons. The number of anilines is 1. The molecule has 0 bridgehead atoms. The van der Waals surface area contributed by atoms with E-state index in [0.717, 1.165) is 0 Å². The van der Waals surface area contributed by atoms with Crippen LogP contribution in [0.1, 0.15) is 25.0 Å². The van der Waals surface area contributed by atoms with Crippen LogP contribution in [-0.2, 0) is 15.6 Å². The highest BCUT2D eigenvalue weighted by molar-refractivity contribution is 7.91. The summed E-state index contributed by atoms with van der Waals surface area (Å²) in [6.07, 6.45) is 0. The van der Waals surface area contributed by atoms with E-state index in [1.54, 1.807) is 26.0 Å². The Labute approximate surface area is 95.6 Å². The van der Waals surface area contributed by atoms with Gasteiger partial charge in [-0.3, -0.25) is 0 Å². The van der Waals surface area contributed by atoms with Gasteiger partial charge >= 0.3 is 0 Å². The molecule has 0 aliphatic rings. The zero-order valence-corrected chi connectivity index (χ0v) is 10.1. The summed E-state index contributed by atoms with van der Waals surface area (Å²) >= 11 is 0. The molecule has 4 nitrogen and oxygen atoms in total. The van der Waals surface area contributed by atoms with Crippen LogP contribution in [0.25, 0.3) is 0 Å². The summed E-state index contributed by atoms with van der Waals surface area (Å²) in [5, 5.41) is 8.35. The predicted octanol–water partition coefficient (Wildman–Crippen LogP) is 1.46. The third kappa shape index (κ3) is 2.74. The van der Waals surface area contributed by atoms with Gasteiger partial charge in [-0.25, -0.2) is 8.42 Å². The number of hydrogen-bond acceptors (Lipinski definition) is 4. The lowest BCUT2D eigenvalue weighted by molar-refractivity contribution is 0.586. The van der Waals surface area contributed by atoms with Crippen LogP contribution in [0.5, 0.6) is 0 Å². The second-order valence-electron chi connectivity index (χ2n) is 3.89. The topological polar surface area (TPSA) is 83.9 Å². The molecule has 0 saturated carbocycles. The Morgan fingerprint density at radius 2 is 2.06 bits per heavy atom. The fraction of sp³-hybridized carbons (Fsp3) is 0.364. The van der Waals surface area contributed by atoms with Crippen LogP contribution in [0.2, 0.25) is 0 Å². The van der Waals surface area contributed by atoms with E-state index in [-0.39, 0.29) is 5.75 Å². The van der Waals surface area contributed by atoms with E-state index in [0.29, 0.717) is 16.8 Å². The van der Waals surface area contributed by atoms with Gasteiger partial charge in [0, 0.05) is 5.69 Å². The highest BCUT2D eigenvalue weighted by Gasteiger charge is 2.17. The minimum atomic E-state index is -3.14. The zero-order chi connectivity index (χ0) is 12.3. The average Bonchev–Trinajstić information content (AvgIpc) is 2.20. The number of sulfone groups is 1. The highest BCUT2D eigenvalue weighted by atomic mass is 32.2. The summed E-state index contributed by atoms with van der Waals surface area (Å²) in [6, 6.07) is 6.65. The molecule has 0 atom stereocenters. The van der Waals surface area contributed by atoms with Gasteiger partial charge in [-0.05, 0) is 31.5 Å². The summed E-state index contributed by atoms with van der Waals surface area (Å²) in [4.78, 5) is 0. The minimum absolute atomic E-state index is 0.0559. The molecular weight excluding hydrogens is 224 g/mol. The first kappa shape index (κ1) is 12.5. The molecule has 1 rings (SSSR count). The van der Waals surface area contributed by atoms with E-state index < -0.39 is 15.1 Å². The summed E-state index contributed by atoms with van der Waals surface area (Å²) < 4.78 is 23.3. The Morgan fingerprint density at radius 3 is 2.56 bits per heavy atom. The summed E-state index contributed by atoms with van der Waals surface area (Å²) in [6.45, 7) is 3.27. The molecule has 1 aromatic carbocycles. The lowest BCUT2D eigenvalue weighted by atomic mass is 10.1. The quantitative estimate of drug-likeness (QED) is 0.808. The number of nitrogens with zero attached hydrogens (tertiary/aromatic N) is 1. The molecule has 0 unspecified atom stereocenters. The van der Waals surface area contributed by atoms with Gasteiger partial charge in [-0.15, -0.1) is 0 Å². The van der Waals surface area contributed by atoms with Crippen molar-refractivity contribution in [2.45, 2.75) is 24.9 Å². The Kier molecular flexibility index (Phi) is 3.55. The zero-order valence-electron chi connectivity index (χ0n) is 9.27. The number of rotatable bonds is 3. The molecule has 5 heteroatoms. The van der Waals surface area contributed by atoms with Crippen LogP contribution >= 0.6 is 0 Å². The number of nitrogens with two attached hydrogens (primary N) is 1. The lowest BCUT2D eigenvalue weighted by Gasteiger charge is -2.08. The van der Waals surface area contributed by atoms with Gasteiger partial charge in [0.25, 0.3) is 0 Å². The Hall–Kier alpha value is -1.54. The van der Waals surface area contributed by atoms with Crippen LogP contribution < -0.4 is 5.73 Å². The lowest BCUT2D eigenvalue weighted by Crippen LogP contribution is -2.16. The standard InChI is InChI=1S/C11H14N2O2S/c1-8(2)16(14,15)7-9-3-4-11(13)10(5-9)6-12/h3-5,8H,7,13H2,1-2H3. The predicted molar refractivity (Wildman–Crippen MR) is 63.3 cm³/mol. The van der Waals surface area contributed by atoms with Crippen molar-refractivity contribution in [1.82, 2.24) is 0 Å². The normalized spacial score (nSPS) is 11.4. The first-order valence-corrected chi connectivity index (χ1v) is 6.58. The van der Waals surface area contributed by atoms with E-state index in [9.17, 15) is 8.42 Å². The van der Waals surface area contributed by atoms with Crippen molar-refractivity contribution in [3.05, 3.63) is 29.3 Å². The van der Waals surface area contributed by atoms with Crippen LogP contribution in [0.3, 0.4) is 0 Å². The fourth-order valence-corrected chi connectivity index (χ4v) is 2.17.